The van der Waals surface area contributed by atoms with Gasteiger partial charge in [0.2, 0.25) is 5.13 Å². The highest BCUT2D eigenvalue weighted by Crippen LogP contribution is 2.38. The maximum atomic E-state index is 13.5. The normalized spacial score (nSPS) is 15.8. The van der Waals surface area contributed by atoms with Crippen LogP contribution in [0.25, 0.3) is 0 Å². The molecule has 31 heavy (non-hydrogen) atoms. The van der Waals surface area contributed by atoms with Crippen LogP contribution >= 0.6 is 23.1 Å². The monoisotopic (exact) mass is 476 g/mol. The molecule has 0 radical (unpaired) electrons. The van der Waals surface area contributed by atoms with E-state index in [9.17, 15) is 13.2 Å². The first kappa shape index (κ1) is 21.6. The Labute approximate surface area is 188 Å². The lowest BCUT2D eigenvalue weighted by Gasteiger charge is -2.34. The van der Waals surface area contributed by atoms with E-state index in [2.05, 4.69) is 15.5 Å². The van der Waals surface area contributed by atoms with Gasteiger partial charge in [-0.05, 0) is 49.9 Å². The smallest absolute Gasteiger partial charge is 0.269 e. The van der Waals surface area contributed by atoms with Crippen molar-refractivity contribution in [2.24, 2.45) is 0 Å². The molecule has 8 nitrogen and oxygen atoms in total. The highest BCUT2D eigenvalue weighted by atomic mass is 32.2. The van der Waals surface area contributed by atoms with Crippen molar-refractivity contribution >= 4 is 49.8 Å². The standard InChI is InChI=1S/C20H20N4O4S3/c1-12-4-7-14(8-5-12)31(26,27)24-11-17(28-16-9-6-13(2)10-15(16)24)18(25)21-19-22-23-20(29-3)30-19/h4-10,17H,11H2,1-3H3,(H,21,22,25). The molecule has 1 unspecified atom stereocenters. The van der Waals surface area contributed by atoms with Crippen LogP contribution in [0.3, 0.4) is 0 Å². The van der Waals surface area contributed by atoms with Gasteiger partial charge in [0, 0.05) is 0 Å². The molecule has 2 heterocycles. The quantitative estimate of drug-likeness (QED) is 0.444. The maximum absolute atomic E-state index is 13.5. The molecule has 0 aliphatic carbocycles. The van der Waals surface area contributed by atoms with E-state index in [1.54, 1.807) is 36.4 Å². The second-order valence-electron chi connectivity index (χ2n) is 6.99. The second kappa shape index (κ2) is 8.48. The molecule has 1 aromatic heterocycles. The number of hydrogen-bond acceptors (Lipinski definition) is 8. The van der Waals surface area contributed by atoms with Crippen molar-refractivity contribution in [1.82, 2.24) is 10.2 Å². The lowest BCUT2D eigenvalue weighted by molar-refractivity contribution is -0.122. The van der Waals surface area contributed by atoms with Crippen LogP contribution in [0.1, 0.15) is 11.1 Å². The van der Waals surface area contributed by atoms with Gasteiger partial charge in [0.05, 0.1) is 17.1 Å². The van der Waals surface area contributed by atoms with Gasteiger partial charge in [-0.1, -0.05) is 46.9 Å². The van der Waals surface area contributed by atoms with Crippen molar-refractivity contribution in [1.29, 1.82) is 0 Å². The summed E-state index contributed by atoms with van der Waals surface area (Å²) in [5.74, 6) is -0.158. The first-order valence-electron chi connectivity index (χ1n) is 9.33. The summed E-state index contributed by atoms with van der Waals surface area (Å²) in [7, 11) is -3.90. The minimum Gasteiger partial charge on any atom is -0.476 e. The van der Waals surface area contributed by atoms with Crippen molar-refractivity contribution in [2.75, 3.05) is 22.4 Å². The Bertz CT molecular complexity index is 1230. The molecule has 4 rings (SSSR count). The Morgan fingerprint density at radius 3 is 2.55 bits per heavy atom. The first-order chi connectivity index (χ1) is 14.8. The van der Waals surface area contributed by atoms with E-state index in [4.69, 9.17) is 4.74 Å². The van der Waals surface area contributed by atoms with Gasteiger partial charge in [0.25, 0.3) is 15.9 Å². The largest absolute Gasteiger partial charge is 0.476 e. The minimum atomic E-state index is -3.90. The average Bonchev–Trinajstić information content (AvgIpc) is 3.20. The fourth-order valence-electron chi connectivity index (χ4n) is 3.09. The third-order valence-corrected chi connectivity index (χ3v) is 8.30. The van der Waals surface area contributed by atoms with Crippen molar-refractivity contribution in [2.45, 2.75) is 29.2 Å². The first-order valence-corrected chi connectivity index (χ1v) is 12.8. The molecule has 3 aromatic rings. The van der Waals surface area contributed by atoms with Crippen LogP contribution in [0.4, 0.5) is 10.8 Å². The lowest BCUT2D eigenvalue weighted by atomic mass is 10.1. The number of amides is 1. The van der Waals surface area contributed by atoms with E-state index in [0.29, 0.717) is 20.9 Å². The number of benzene rings is 2. The fraction of sp³-hybridized carbons (Fsp3) is 0.250. The third kappa shape index (κ3) is 4.39. The number of carbonyl (C=O) groups excluding carboxylic acids is 1. The minimum absolute atomic E-state index is 0.153. The number of anilines is 2. The molecule has 0 fully saturated rings. The van der Waals surface area contributed by atoms with E-state index in [1.165, 1.54) is 27.4 Å². The van der Waals surface area contributed by atoms with Gasteiger partial charge in [-0.3, -0.25) is 14.4 Å². The summed E-state index contributed by atoms with van der Waals surface area (Å²) in [6, 6.07) is 11.8. The molecular formula is C20H20N4O4S3. The van der Waals surface area contributed by atoms with E-state index < -0.39 is 22.0 Å². The summed E-state index contributed by atoms with van der Waals surface area (Å²) in [4.78, 5) is 13.0. The average molecular weight is 477 g/mol. The lowest BCUT2D eigenvalue weighted by Crippen LogP contribution is -2.48. The number of aromatic nitrogens is 2. The van der Waals surface area contributed by atoms with Crippen molar-refractivity contribution in [3.05, 3.63) is 53.6 Å². The number of nitrogens with zero attached hydrogens (tertiary/aromatic N) is 3. The predicted molar refractivity (Wildman–Crippen MR) is 122 cm³/mol. The van der Waals surface area contributed by atoms with Crippen LogP contribution in [0.2, 0.25) is 0 Å². The topological polar surface area (TPSA) is 101 Å². The summed E-state index contributed by atoms with van der Waals surface area (Å²) in [6.07, 6.45) is 0.820. The number of sulfonamides is 1. The number of aryl methyl sites for hydroxylation is 2. The molecule has 1 aliphatic heterocycles. The molecule has 0 bridgehead atoms. The van der Waals surface area contributed by atoms with E-state index in [0.717, 1.165) is 11.1 Å². The molecule has 0 saturated heterocycles. The number of fused-ring (bicyclic) bond motifs is 1. The van der Waals surface area contributed by atoms with Gasteiger partial charge in [-0.25, -0.2) is 8.42 Å². The Morgan fingerprint density at radius 1 is 1.16 bits per heavy atom. The van der Waals surface area contributed by atoms with Crippen LogP contribution in [-0.2, 0) is 14.8 Å². The molecule has 0 saturated carbocycles. The highest BCUT2D eigenvalue weighted by Gasteiger charge is 2.38. The van der Waals surface area contributed by atoms with Crippen LogP contribution in [0.5, 0.6) is 5.75 Å². The van der Waals surface area contributed by atoms with Crippen LogP contribution in [0, 0.1) is 13.8 Å². The molecule has 11 heteroatoms. The number of nitrogens with one attached hydrogen (secondary N) is 1. The zero-order chi connectivity index (χ0) is 22.2. The number of hydrogen-bond donors (Lipinski definition) is 1. The fourth-order valence-corrected chi connectivity index (χ4v) is 5.73. The Kier molecular flexibility index (Phi) is 5.91. The Balaban J connectivity index is 1.68. The second-order valence-corrected chi connectivity index (χ2v) is 10.9. The summed E-state index contributed by atoms with van der Waals surface area (Å²) in [6.45, 7) is 3.60. The summed E-state index contributed by atoms with van der Waals surface area (Å²) >= 11 is 2.66. The summed E-state index contributed by atoms with van der Waals surface area (Å²) < 4.78 is 34.7. The van der Waals surface area contributed by atoms with Crippen molar-refractivity contribution in [3.63, 3.8) is 0 Å². The van der Waals surface area contributed by atoms with Gasteiger partial charge in [0.15, 0.2) is 10.4 Å². The molecular weight excluding hydrogens is 456 g/mol. The molecule has 1 N–H and O–H groups in total. The van der Waals surface area contributed by atoms with E-state index >= 15 is 0 Å². The predicted octanol–water partition coefficient (Wildman–Crippen LogP) is 3.47. The summed E-state index contributed by atoms with van der Waals surface area (Å²) in [5, 5.41) is 10.9. The molecule has 2 aromatic carbocycles. The molecule has 1 atom stereocenters. The third-order valence-electron chi connectivity index (χ3n) is 4.70. The highest BCUT2D eigenvalue weighted by molar-refractivity contribution is 8.00. The number of ether oxygens (including phenoxy) is 1. The van der Waals surface area contributed by atoms with Crippen LogP contribution in [-0.4, -0.2) is 43.4 Å². The Morgan fingerprint density at radius 2 is 1.87 bits per heavy atom. The summed E-state index contributed by atoms with van der Waals surface area (Å²) in [5.41, 5.74) is 2.24. The SMILES string of the molecule is CSc1nnc(NC(=O)C2CN(S(=O)(=O)c3ccc(C)cc3)c3cc(C)ccc3O2)s1. The van der Waals surface area contributed by atoms with E-state index in [1.807, 2.05) is 26.2 Å². The number of thioether (sulfide) groups is 1. The van der Waals surface area contributed by atoms with Crippen LogP contribution in [0.15, 0.2) is 51.7 Å². The zero-order valence-corrected chi connectivity index (χ0v) is 19.5. The van der Waals surface area contributed by atoms with Gasteiger partial charge in [-0.15, -0.1) is 10.2 Å². The number of carbonyl (C=O) groups is 1. The molecule has 1 amide bonds. The zero-order valence-electron chi connectivity index (χ0n) is 17.0. The van der Waals surface area contributed by atoms with Gasteiger partial charge < -0.3 is 4.74 Å². The van der Waals surface area contributed by atoms with Crippen molar-refractivity contribution in [3.8, 4) is 5.75 Å². The van der Waals surface area contributed by atoms with Gasteiger partial charge in [-0.2, -0.15) is 0 Å². The Hall–Kier alpha value is -2.63. The number of rotatable bonds is 5. The van der Waals surface area contributed by atoms with Gasteiger partial charge in [0.1, 0.15) is 5.75 Å². The van der Waals surface area contributed by atoms with E-state index in [-0.39, 0.29) is 11.4 Å². The maximum Gasteiger partial charge on any atom is 0.269 e. The van der Waals surface area contributed by atoms with Crippen LogP contribution < -0.4 is 14.4 Å². The van der Waals surface area contributed by atoms with Crippen molar-refractivity contribution < 1.29 is 17.9 Å². The molecule has 162 valence electrons. The van der Waals surface area contributed by atoms with Gasteiger partial charge >= 0.3 is 0 Å². The molecule has 1 aliphatic rings. The molecule has 0 spiro atoms.